The summed E-state index contributed by atoms with van der Waals surface area (Å²) >= 11 is 3.37. The van der Waals surface area contributed by atoms with Gasteiger partial charge in [0.15, 0.2) is 0 Å². The molecule has 1 aromatic rings. The first kappa shape index (κ1) is 9.71. The van der Waals surface area contributed by atoms with Crippen LogP contribution in [-0.4, -0.2) is 20.3 Å². The second kappa shape index (κ2) is 4.60. The zero-order chi connectivity index (χ0) is 8.97. The average Bonchev–Trinajstić information content (AvgIpc) is 2.52. The minimum absolute atomic E-state index is 0.460. The van der Waals surface area contributed by atoms with E-state index in [1.54, 1.807) is 0 Å². The van der Waals surface area contributed by atoms with E-state index in [1.165, 1.54) is 0 Å². The van der Waals surface area contributed by atoms with E-state index in [0.29, 0.717) is 6.04 Å². The Kier molecular flexibility index (Phi) is 3.72. The molecule has 0 spiro atoms. The molecule has 4 heteroatoms. The molecule has 68 valence electrons. The van der Waals surface area contributed by atoms with Gasteiger partial charge in [-0.25, -0.2) is 4.68 Å². The first-order chi connectivity index (χ1) is 5.77. The predicted octanol–water partition coefficient (Wildman–Crippen LogP) is 2.19. The van der Waals surface area contributed by atoms with Crippen LogP contribution >= 0.6 is 15.9 Å². The first-order valence-electron chi connectivity index (χ1n) is 4.24. The highest BCUT2D eigenvalue weighted by molar-refractivity contribution is 9.09. The van der Waals surface area contributed by atoms with Gasteiger partial charge in [0.1, 0.15) is 0 Å². The van der Waals surface area contributed by atoms with Gasteiger partial charge in [-0.15, -0.1) is 5.10 Å². The molecule has 0 radical (unpaired) electrons. The first-order valence-corrected chi connectivity index (χ1v) is 5.36. The molecule has 0 amide bonds. The molecule has 12 heavy (non-hydrogen) atoms. The van der Waals surface area contributed by atoms with E-state index in [9.17, 15) is 0 Å². The van der Waals surface area contributed by atoms with Gasteiger partial charge < -0.3 is 0 Å². The van der Waals surface area contributed by atoms with Crippen LogP contribution in [0.4, 0.5) is 0 Å². The second-order valence-electron chi connectivity index (χ2n) is 2.89. The molecule has 1 atom stereocenters. The molecular formula is C8H14BrN3. The molecule has 1 rings (SSSR count). The quantitative estimate of drug-likeness (QED) is 0.745. The van der Waals surface area contributed by atoms with Gasteiger partial charge in [0, 0.05) is 17.9 Å². The Labute approximate surface area is 81.3 Å². The van der Waals surface area contributed by atoms with Crippen molar-refractivity contribution < 1.29 is 0 Å². The topological polar surface area (TPSA) is 30.7 Å². The van der Waals surface area contributed by atoms with Crippen molar-refractivity contribution in [3.8, 4) is 0 Å². The molecule has 1 unspecified atom stereocenters. The van der Waals surface area contributed by atoms with Gasteiger partial charge in [-0.2, -0.15) is 0 Å². The summed E-state index contributed by atoms with van der Waals surface area (Å²) in [6.07, 6.45) is 4.07. The fourth-order valence-electron chi connectivity index (χ4n) is 0.927. The van der Waals surface area contributed by atoms with Crippen LogP contribution in [0.25, 0.3) is 0 Å². The van der Waals surface area contributed by atoms with Crippen molar-refractivity contribution in [3.05, 3.63) is 11.9 Å². The summed E-state index contributed by atoms with van der Waals surface area (Å²) in [7, 11) is 0. The lowest BCUT2D eigenvalue weighted by Crippen LogP contribution is -2.03. The van der Waals surface area contributed by atoms with Crippen LogP contribution < -0.4 is 0 Å². The van der Waals surface area contributed by atoms with Gasteiger partial charge in [-0.3, -0.25) is 0 Å². The van der Waals surface area contributed by atoms with Crippen molar-refractivity contribution in [2.45, 2.75) is 32.7 Å². The van der Waals surface area contributed by atoms with Gasteiger partial charge in [-0.05, 0) is 13.3 Å². The number of hydrogen-bond donors (Lipinski definition) is 0. The molecule has 0 aromatic carbocycles. The van der Waals surface area contributed by atoms with Crippen LogP contribution in [0.1, 0.15) is 32.0 Å². The molecular weight excluding hydrogens is 218 g/mol. The van der Waals surface area contributed by atoms with Gasteiger partial charge >= 0.3 is 0 Å². The van der Waals surface area contributed by atoms with Crippen molar-refractivity contribution in [3.63, 3.8) is 0 Å². The number of nitrogens with zero attached hydrogens (tertiary/aromatic N) is 3. The largest absolute Gasteiger partial charge is 0.250 e. The Bertz CT molecular complexity index is 234. The van der Waals surface area contributed by atoms with E-state index in [-0.39, 0.29) is 0 Å². The van der Waals surface area contributed by atoms with E-state index in [2.05, 4.69) is 40.1 Å². The molecule has 0 bridgehead atoms. The zero-order valence-corrected chi connectivity index (χ0v) is 9.08. The zero-order valence-electron chi connectivity index (χ0n) is 7.50. The molecule has 3 nitrogen and oxygen atoms in total. The number of aryl methyl sites for hydroxylation is 1. The number of alkyl halides is 1. The molecule has 0 aliphatic heterocycles. The number of aromatic nitrogens is 3. The number of rotatable bonds is 4. The van der Waals surface area contributed by atoms with Crippen molar-refractivity contribution >= 4 is 15.9 Å². The summed E-state index contributed by atoms with van der Waals surface area (Å²) in [6.45, 7) is 4.29. The van der Waals surface area contributed by atoms with Gasteiger partial charge in [0.05, 0.1) is 11.7 Å². The lowest BCUT2D eigenvalue weighted by Gasteiger charge is -2.05. The standard InChI is InChI=1S/C8H14BrN3/c1-3-7(2)12-6-8(4-5-9)10-11-12/h6-7H,3-5H2,1-2H3. The smallest absolute Gasteiger partial charge is 0.0835 e. The monoisotopic (exact) mass is 231 g/mol. The Morgan fingerprint density at radius 2 is 2.42 bits per heavy atom. The minimum Gasteiger partial charge on any atom is -0.250 e. The Hall–Kier alpha value is -0.380. The fraction of sp³-hybridized carbons (Fsp3) is 0.750. The molecule has 0 saturated carbocycles. The number of halogens is 1. The third kappa shape index (κ3) is 2.30. The summed E-state index contributed by atoms with van der Waals surface area (Å²) < 4.78 is 1.93. The van der Waals surface area contributed by atoms with E-state index in [1.807, 2.05) is 10.9 Å². The van der Waals surface area contributed by atoms with Crippen LogP contribution in [0.2, 0.25) is 0 Å². The number of hydrogen-bond acceptors (Lipinski definition) is 2. The lowest BCUT2D eigenvalue weighted by atomic mass is 10.3. The molecule has 1 heterocycles. The highest BCUT2D eigenvalue weighted by Gasteiger charge is 2.04. The maximum absolute atomic E-state index is 4.06. The SMILES string of the molecule is CCC(C)n1cc(CCBr)nn1. The highest BCUT2D eigenvalue weighted by atomic mass is 79.9. The molecule has 0 saturated heterocycles. The van der Waals surface area contributed by atoms with Crippen LogP contribution in [0.15, 0.2) is 6.20 Å². The fourth-order valence-corrected chi connectivity index (χ4v) is 1.33. The van der Waals surface area contributed by atoms with E-state index in [4.69, 9.17) is 0 Å². The third-order valence-electron chi connectivity index (χ3n) is 1.95. The third-order valence-corrected chi connectivity index (χ3v) is 2.35. The van der Waals surface area contributed by atoms with Crippen molar-refractivity contribution in [2.75, 3.05) is 5.33 Å². The Morgan fingerprint density at radius 1 is 1.67 bits per heavy atom. The molecule has 1 aromatic heterocycles. The van der Waals surface area contributed by atoms with Gasteiger partial charge in [0.2, 0.25) is 0 Å². The van der Waals surface area contributed by atoms with Crippen molar-refractivity contribution in [2.24, 2.45) is 0 Å². The molecule has 0 aliphatic carbocycles. The second-order valence-corrected chi connectivity index (χ2v) is 3.68. The molecule has 0 N–H and O–H groups in total. The summed E-state index contributed by atoms with van der Waals surface area (Å²) in [4.78, 5) is 0. The van der Waals surface area contributed by atoms with E-state index < -0.39 is 0 Å². The minimum atomic E-state index is 0.460. The summed E-state index contributed by atoms with van der Waals surface area (Å²) in [5, 5.41) is 9.06. The summed E-state index contributed by atoms with van der Waals surface area (Å²) in [6, 6.07) is 0.460. The van der Waals surface area contributed by atoms with E-state index >= 15 is 0 Å². The maximum atomic E-state index is 4.06. The summed E-state index contributed by atoms with van der Waals surface area (Å²) in [5.74, 6) is 0. The highest BCUT2D eigenvalue weighted by Crippen LogP contribution is 2.08. The van der Waals surface area contributed by atoms with Gasteiger partial charge in [0.25, 0.3) is 0 Å². The average molecular weight is 232 g/mol. The molecule has 0 fully saturated rings. The van der Waals surface area contributed by atoms with Crippen LogP contribution in [0, 0.1) is 0 Å². The summed E-state index contributed by atoms with van der Waals surface area (Å²) in [5.41, 5.74) is 1.06. The van der Waals surface area contributed by atoms with Crippen molar-refractivity contribution in [1.29, 1.82) is 0 Å². The normalized spacial score (nSPS) is 13.2. The van der Waals surface area contributed by atoms with Crippen LogP contribution in [-0.2, 0) is 6.42 Å². The van der Waals surface area contributed by atoms with Gasteiger partial charge in [-0.1, -0.05) is 28.1 Å². The van der Waals surface area contributed by atoms with E-state index in [0.717, 1.165) is 23.9 Å². The van der Waals surface area contributed by atoms with Crippen LogP contribution in [0.5, 0.6) is 0 Å². The lowest BCUT2D eigenvalue weighted by molar-refractivity contribution is 0.464. The Balaban J connectivity index is 2.63. The maximum Gasteiger partial charge on any atom is 0.0835 e. The Morgan fingerprint density at radius 3 is 3.00 bits per heavy atom. The van der Waals surface area contributed by atoms with Crippen molar-refractivity contribution in [1.82, 2.24) is 15.0 Å². The van der Waals surface area contributed by atoms with Crippen LogP contribution in [0.3, 0.4) is 0 Å². The molecule has 0 aliphatic rings. The predicted molar refractivity (Wildman–Crippen MR) is 52.5 cm³/mol.